The fourth-order valence-corrected chi connectivity index (χ4v) is 1.08. The van der Waals surface area contributed by atoms with Gasteiger partial charge < -0.3 is 5.11 Å². The molecule has 0 radical (unpaired) electrons. The summed E-state index contributed by atoms with van der Waals surface area (Å²) in [5.41, 5.74) is 1.37. The Labute approximate surface area is 77.5 Å². The van der Waals surface area contributed by atoms with Crippen molar-refractivity contribution in [3.05, 3.63) is 35.8 Å². The van der Waals surface area contributed by atoms with Crippen LogP contribution in [0.15, 0.2) is 45.7 Å². The minimum atomic E-state index is 0.180. The SMILES string of the molecule is C=N/C=C1/C=CC=C(O)C1=NCC. The number of hydrogen-bond acceptors (Lipinski definition) is 3. The molecule has 1 aliphatic carbocycles. The molecular weight excluding hydrogens is 164 g/mol. The molecule has 3 heteroatoms. The Balaban J connectivity index is 3.06. The first-order valence-electron chi connectivity index (χ1n) is 4.08. The summed E-state index contributed by atoms with van der Waals surface area (Å²) in [7, 11) is 0. The van der Waals surface area contributed by atoms with Gasteiger partial charge >= 0.3 is 0 Å². The molecule has 1 aliphatic rings. The largest absolute Gasteiger partial charge is 0.506 e. The number of hydrogen-bond donors (Lipinski definition) is 1. The summed E-state index contributed by atoms with van der Waals surface area (Å²) in [6.07, 6.45) is 6.77. The maximum absolute atomic E-state index is 9.47. The number of aliphatic hydroxyl groups excluding tert-OH is 1. The summed E-state index contributed by atoms with van der Waals surface area (Å²) in [6, 6.07) is 0. The van der Waals surface area contributed by atoms with Crippen molar-refractivity contribution >= 4 is 12.4 Å². The van der Waals surface area contributed by atoms with Gasteiger partial charge in [0, 0.05) is 18.3 Å². The van der Waals surface area contributed by atoms with Crippen molar-refractivity contribution in [3.8, 4) is 0 Å². The van der Waals surface area contributed by atoms with Crippen molar-refractivity contribution in [2.75, 3.05) is 6.54 Å². The second-order valence-corrected chi connectivity index (χ2v) is 2.50. The molecule has 68 valence electrons. The highest BCUT2D eigenvalue weighted by molar-refractivity contribution is 6.13. The van der Waals surface area contributed by atoms with E-state index in [4.69, 9.17) is 0 Å². The third-order valence-corrected chi connectivity index (χ3v) is 1.59. The number of rotatable bonds is 2. The average molecular weight is 176 g/mol. The summed E-state index contributed by atoms with van der Waals surface area (Å²) in [5, 5.41) is 9.47. The van der Waals surface area contributed by atoms with E-state index < -0.39 is 0 Å². The molecule has 0 aliphatic heterocycles. The lowest BCUT2D eigenvalue weighted by atomic mass is 10.0. The lowest BCUT2D eigenvalue weighted by molar-refractivity contribution is 0.443. The predicted molar refractivity (Wildman–Crippen MR) is 55.5 cm³/mol. The Morgan fingerprint density at radius 1 is 1.62 bits per heavy atom. The van der Waals surface area contributed by atoms with E-state index in [0.29, 0.717) is 12.3 Å². The summed E-state index contributed by atoms with van der Waals surface area (Å²) < 4.78 is 0. The van der Waals surface area contributed by atoms with Crippen LogP contribution in [0.25, 0.3) is 0 Å². The van der Waals surface area contributed by atoms with E-state index in [-0.39, 0.29) is 5.76 Å². The highest BCUT2D eigenvalue weighted by Gasteiger charge is 2.11. The van der Waals surface area contributed by atoms with Gasteiger partial charge in [0.05, 0.1) is 0 Å². The van der Waals surface area contributed by atoms with Gasteiger partial charge in [-0.2, -0.15) is 0 Å². The van der Waals surface area contributed by atoms with Gasteiger partial charge in [0.2, 0.25) is 0 Å². The van der Waals surface area contributed by atoms with Gasteiger partial charge in [-0.1, -0.05) is 12.2 Å². The van der Waals surface area contributed by atoms with Crippen LogP contribution in [0.3, 0.4) is 0 Å². The summed E-state index contributed by atoms with van der Waals surface area (Å²) in [6.45, 7) is 5.91. The number of nitrogens with zero attached hydrogens (tertiary/aromatic N) is 2. The standard InChI is InChI=1S/C10H12N2O/c1-3-12-10-8(7-11-2)5-4-6-9(10)13/h4-7,13H,2-3H2,1H3/b8-7-,12-10?. The van der Waals surface area contributed by atoms with Crippen LogP contribution in [-0.4, -0.2) is 24.1 Å². The lowest BCUT2D eigenvalue weighted by Crippen LogP contribution is -2.08. The third kappa shape index (κ3) is 2.15. The van der Waals surface area contributed by atoms with Crippen LogP contribution in [-0.2, 0) is 0 Å². The smallest absolute Gasteiger partial charge is 0.141 e. The molecule has 0 aromatic rings. The molecule has 0 amide bonds. The average Bonchev–Trinajstić information content (AvgIpc) is 2.11. The molecule has 0 saturated heterocycles. The van der Waals surface area contributed by atoms with Crippen LogP contribution in [0.1, 0.15) is 6.92 Å². The Kier molecular flexibility index (Phi) is 3.20. The molecule has 0 heterocycles. The van der Waals surface area contributed by atoms with Crippen LogP contribution >= 0.6 is 0 Å². The number of allylic oxidation sites excluding steroid dienone is 4. The fraction of sp³-hybridized carbons (Fsp3) is 0.200. The molecule has 0 atom stereocenters. The van der Waals surface area contributed by atoms with Crippen LogP contribution < -0.4 is 0 Å². The van der Waals surface area contributed by atoms with Gasteiger partial charge in [-0.05, 0) is 19.7 Å². The van der Waals surface area contributed by atoms with Crippen molar-refractivity contribution < 1.29 is 5.11 Å². The van der Waals surface area contributed by atoms with E-state index in [2.05, 4.69) is 16.7 Å². The molecule has 0 saturated carbocycles. The molecule has 0 spiro atoms. The summed E-state index contributed by atoms with van der Waals surface area (Å²) >= 11 is 0. The zero-order valence-corrected chi connectivity index (χ0v) is 7.57. The molecule has 0 bridgehead atoms. The molecule has 1 rings (SSSR count). The first kappa shape index (κ1) is 9.45. The van der Waals surface area contributed by atoms with Gasteiger partial charge in [-0.15, -0.1) is 0 Å². The van der Waals surface area contributed by atoms with Crippen LogP contribution in [0.5, 0.6) is 0 Å². The van der Waals surface area contributed by atoms with Gasteiger partial charge in [0.1, 0.15) is 11.5 Å². The molecular formula is C10H12N2O. The van der Waals surface area contributed by atoms with Crippen molar-refractivity contribution in [1.29, 1.82) is 0 Å². The van der Waals surface area contributed by atoms with Crippen molar-refractivity contribution in [3.63, 3.8) is 0 Å². The van der Waals surface area contributed by atoms with Gasteiger partial charge in [0.15, 0.2) is 0 Å². The normalized spacial score (nSPS) is 22.1. The van der Waals surface area contributed by atoms with E-state index >= 15 is 0 Å². The predicted octanol–water partition coefficient (Wildman–Crippen LogP) is 2.04. The van der Waals surface area contributed by atoms with Gasteiger partial charge in [-0.25, -0.2) is 0 Å². The highest BCUT2D eigenvalue weighted by Crippen LogP contribution is 2.13. The Bertz CT molecular complexity index is 322. The number of aliphatic hydroxyl groups is 1. The fourth-order valence-electron chi connectivity index (χ4n) is 1.08. The van der Waals surface area contributed by atoms with Crippen LogP contribution in [0.2, 0.25) is 0 Å². The van der Waals surface area contributed by atoms with Gasteiger partial charge in [0.25, 0.3) is 0 Å². The molecule has 0 fully saturated rings. The Morgan fingerprint density at radius 3 is 3.00 bits per heavy atom. The quantitative estimate of drug-likeness (QED) is 0.643. The molecule has 0 unspecified atom stereocenters. The zero-order valence-electron chi connectivity index (χ0n) is 7.57. The van der Waals surface area contributed by atoms with Crippen molar-refractivity contribution in [2.24, 2.45) is 9.98 Å². The minimum absolute atomic E-state index is 0.180. The van der Waals surface area contributed by atoms with Crippen LogP contribution in [0, 0.1) is 0 Å². The second-order valence-electron chi connectivity index (χ2n) is 2.50. The molecule has 0 aromatic carbocycles. The monoisotopic (exact) mass is 176 g/mol. The van der Waals surface area contributed by atoms with Crippen molar-refractivity contribution in [1.82, 2.24) is 0 Å². The van der Waals surface area contributed by atoms with E-state index in [0.717, 1.165) is 5.57 Å². The molecule has 13 heavy (non-hydrogen) atoms. The summed E-state index contributed by atoms with van der Waals surface area (Å²) in [5.74, 6) is 0.180. The summed E-state index contributed by atoms with van der Waals surface area (Å²) in [4.78, 5) is 7.80. The Morgan fingerprint density at radius 2 is 2.38 bits per heavy atom. The molecule has 1 N–H and O–H groups in total. The molecule has 0 aromatic heterocycles. The van der Waals surface area contributed by atoms with E-state index in [1.165, 1.54) is 0 Å². The first-order chi connectivity index (χ1) is 6.29. The van der Waals surface area contributed by atoms with E-state index in [9.17, 15) is 5.11 Å². The lowest BCUT2D eigenvalue weighted by Gasteiger charge is -2.08. The second kappa shape index (κ2) is 4.40. The maximum Gasteiger partial charge on any atom is 0.141 e. The van der Waals surface area contributed by atoms with E-state index in [1.54, 1.807) is 18.4 Å². The van der Waals surface area contributed by atoms with Crippen molar-refractivity contribution in [2.45, 2.75) is 6.92 Å². The number of aliphatic imine (C=N–C) groups is 2. The maximum atomic E-state index is 9.47. The highest BCUT2D eigenvalue weighted by atomic mass is 16.3. The van der Waals surface area contributed by atoms with E-state index in [1.807, 2.05) is 13.0 Å². The Hall–Kier alpha value is -1.64. The topological polar surface area (TPSA) is 45.0 Å². The van der Waals surface area contributed by atoms with Crippen LogP contribution in [0.4, 0.5) is 0 Å². The van der Waals surface area contributed by atoms with Gasteiger partial charge in [-0.3, -0.25) is 9.98 Å². The zero-order chi connectivity index (χ0) is 9.68. The minimum Gasteiger partial charge on any atom is -0.506 e. The first-order valence-corrected chi connectivity index (χ1v) is 4.08. The molecule has 3 nitrogen and oxygen atoms in total. The third-order valence-electron chi connectivity index (χ3n) is 1.59.